The van der Waals surface area contributed by atoms with Gasteiger partial charge in [-0.2, -0.15) is 8.78 Å². The van der Waals surface area contributed by atoms with Crippen molar-refractivity contribution < 1.29 is 13.5 Å². The summed E-state index contributed by atoms with van der Waals surface area (Å²) in [6, 6.07) is 10.6. The Kier molecular flexibility index (Phi) is 5.01. The Morgan fingerprint density at radius 1 is 1.20 bits per heavy atom. The molecular weight excluding hydrogens is 373 g/mol. The minimum atomic E-state index is -2.89. The standard InChI is InChI=1S/C17H10Cl2F2N2O2/c18-10-3-6-12-14(8-10)22-15(23-16(12)24)13(19)7-9-1-4-11(5-2-9)25-17(20)21/h1-8,17H,(H,22,23,24)/b13-7-. The number of rotatable bonds is 4. The van der Waals surface area contributed by atoms with E-state index in [2.05, 4.69) is 14.7 Å². The van der Waals surface area contributed by atoms with Crippen molar-refractivity contribution >= 4 is 45.2 Å². The molecule has 3 aromatic rings. The van der Waals surface area contributed by atoms with Gasteiger partial charge in [-0.25, -0.2) is 4.98 Å². The number of hydrogen-bond acceptors (Lipinski definition) is 3. The van der Waals surface area contributed by atoms with Crippen molar-refractivity contribution in [3.05, 3.63) is 69.2 Å². The fourth-order valence-electron chi connectivity index (χ4n) is 2.19. The lowest BCUT2D eigenvalue weighted by molar-refractivity contribution is -0.0498. The third-order valence-electron chi connectivity index (χ3n) is 3.29. The number of H-pyrrole nitrogens is 1. The van der Waals surface area contributed by atoms with E-state index in [9.17, 15) is 13.6 Å². The average molecular weight is 383 g/mol. The molecule has 0 aliphatic carbocycles. The highest BCUT2D eigenvalue weighted by Crippen LogP contribution is 2.23. The maximum Gasteiger partial charge on any atom is 0.387 e. The highest BCUT2D eigenvalue weighted by atomic mass is 35.5. The largest absolute Gasteiger partial charge is 0.435 e. The van der Waals surface area contributed by atoms with Crippen molar-refractivity contribution in [2.75, 3.05) is 0 Å². The van der Waals surface area contributed by atoms with Gasteiger partial charge in [0.2, 0.25) is 0 Å². The van der Waals surface area contributed by atoms with Crippen molar-refractivity contribution in [1.29, 1.82) is 0 Å². The van der Waals surface area contributed by atoms with E-state index in [1.165, 1.54) is 12.1 Å². The first-order valence-corrected chi connectivity index (χ1v) is 7.80. The summed E-state index contributed by atoms with van der Waals surface area (Å²) in [7, 11) is 0. The van der Waals surface area contributed by atoms with Crippen LogP contribution >= 0.6 is 23.2 Å². The van der Waals surface area contributed by atoms with Gasteiger partial charge < -0.3 is 9.72 Å². The zero-order valence-corrected chi connectivity index (χ0v) is 14.0. The van der Waals surface area contributed by atoms with Gasteiger partial charge in [0, 0.05) is 5.02 Å². The highest BCUT2D eigenvalue weighted by Gasteiger charge is 2.08. The van der Waals surface area contributed by atoms with Crippen molar-refractivity contribution in [3.8, 4) is 5.75 Å². The molecule has 0 spiro atoms. The maximum atomic E-state index is 12.1. The number of ether oxygens (including phenoxy) is 1. The van der Waals surface area contributed by atoms with Crippen molar-refractivity contribution in [1.82, 2.24) is 9.97 Å². The molecule has 0 saturated heterocycles. The van der Waals surface area contributed by atoms with Crippen LogP contribution in [0, 0.1) is 0 Å². The molecule has 0 saturated carbocycles. The van der Waals surface area contributed by atoms with Gasteiger partial charge in [-0.05, 0) is 42.0 Å². The Morgan fingerprint density at radius 2 is 1.92 bits per heavy atom. The number of aromatic nitrogens is 2. The van der Waals surface area contributed by atoms with Crippen LogP contribution in [0.1, 0.15) is 11.4 Å². The number of aromatic amines is 1. The number of alkyl halides is 2. The average Bonchev–Trinajstić information content (AvgIpc) is 2.55. The molecule has 0 amide bonds. The lowest BCUT2D eigenvalue weighted by atomic mass is 10.2. The van der Waals surface area contributed by atoms with Crippen molar-refractivity contribution in [3.63, 3.8) is 0 Å². The molecule has 128 valence electrons. The second-order valence-corrected chi connectivity index (χ2v) is 5.86. The van der Waals surface area contributed by atoms with Crippen LogP contribution in [0.25, 0.3) is 22.0 Å². The molecule has 0 bridgehead atoms. The molecule has 0 aliphatic rings. The molecule has 4 nitrogen and oxygen atoms in total. The number of nitrogens with zero attached hydrogens (tertiary/aromatic N) is 1. The van der Waals surface area contributed by atoms with Gasteiger partial charge in [0.25, 0.3) is 5.56 Å². The van der Waals surface area contributed by atoms with E-state index in [1.54, 1.807) is 36.4 Å². The van der Waals surface area contributed by atoms with Crippen LogP contribution in [0.3, 0.4) is 0 Å². The summed E-state index contributed by atoms with van der Waals surface area (Å²) in [5.74, 6) is 0.212. The molecular formula is C17H10Cl2F2N2O2. The van der Waals surface area contributed by atoms with E-state index in [-0.39, 0.29) is 22.2 Å². The smallest absolute Gasteiger partial charge is 0.387 e. The first-order chi connectivity index (χ1) is 11.9. The van der Waals surface area contributed by atoms with E-state index in [0.717, 1.165) is 0 Å². The molecule has 1 heterocycles. The van der Waals surface area contributed by atoms with E-state index >= 15 is 0 Å². The summed E-state index contributed by atoms with van der Waals surface area (Å²) in [6.45, 7) is -2.89. The highest BCUT2D eigenvalue weighted by molar-refractivity contribution is 6.50. The van der Waals surface area contributed by atoms with Crippen molar-refractivity contribution in [2.24, 2.45) is 0 Å². The topological polar surface area (TPSA) is 55.0 Å². The second-order valence-electron chi connectivity index (χ2n) is 5.02. The Labute approximate surface area is 150 Å². The van der Waals surface area contributed by atoms with Gasteiger partial charge in [-0.15, -0.1) is 0 Å². The van der Waals surface area contributed by atoms with E-state index in [4.69, 9.17) is 23.2 Å². The summed E-state index contributed by atoms with van der Waals surface area (Å²) >= 11 is 12.1. The lowest BCUT2D eigenvalue weighted by Crippen LogP contribution is -2.10. The molecule has 3 rings (SSSR count). The molecule has 0 fully saturated rings. The molecule has 8 heteroatoms. The molecule has 2 aromatic carbocycles. The van der Waals surface area contributed by atoms with Gasteiger partial charge >= 0.3 is 6.61 Å². The zero-order chi connectivity index (χ0) is 18.0. The number of fused-ring (bicyclic) bond motifs is 1. The van der Waals surface area contributed by atoms with E-state index in [0.29, 0.717) is 21.5 Å². The van der Waals surface area contributed by atoms with Gasteiger partial charge in [0.15, 0.2) is 5.82 Å². The number of benzene rings is 2. The molecule has 1 N–H and O–H groups in total. The van der Waals surface area contributed by atoms with Crippen molar-refractivity contribution in [2.45, 2.75) is 6.61 Å². The Bertz CT molecular complexity index is 1000. The van der Waals surface area contributed by atoms with Crippen LogP contribution < -0.4 is 10.3 Å². The van der Waals surface area contributed by atoms with E-state index in [1.807, 2.05) is 0 Å². The normalized spacial score (nSPS) is 12.0. The molecule has 0 radical (unpaired) electrons. The number of nitrogens with one attached hydrogen (secondary N) is 1. The first kappa shape index (κ1) is 17.4. The van der Waals surface area contributed by atoms with Gasteiger partial charge in [-0.3, -0.25) is 4.79 Å². The van der Waals surface area contributed by atoms with Crippen LogP contribution in [0.4, 0.5) is 8.78 Å². The maximum absolute atomic E-state index is 12.1. The predicted molar refractivity (Wildman–Crippen MR) is 94.2 cm³/mol. The van der Waals surface area contributed by atoms with Crippen LogP contribution in [-0.4, -0.2) is 16.6 Å². The molecule has 25 heavy (non-hydrogen) atoms. The minimum absolute atomic E-state index is 0.0372. The predicted octanol–water partition coefficient (Wildman–Crippen LogP) is 4.91. The first-order valence-electron chi connectivity index (χ1n) is 7.04. The summed E-state index contributed by atoms with van der Waals surface area (Å²) < 4.78 is 28.6. The van der Waals surface area contributed by atoms with Crippen LogP contribution in [0.5, 0.6) is 5.75 Å². The Morgan fingerprint density at radius 3 is 2.60 bits per heavy atom. The SMILES string of the molecule is O=c1[nH]c(/C(Cl)=C/c2ccc(OC(F)F)cc2)nc2cc(Cl)ccc12. The summed E-state index contributed by atoms with van der Waals surface area (Å²) in [4.78, 5) is 19.0. The molecule has 1 aromatic heterocycles. The second kappa shape index (κ2) is 7.21. The van der Waals surface area contributed by atoms with Crippen LogP contribution in [0.2, 0.25) is 5.02 Å². The monoisotopic (exact) mass is 382 g/mol. The van der Waals surface area contributed by atoms with Gasteiger partial charge in [0.1, 0.15) is 5.75 Å². The van der Waals surface area contributed by atoms with Gasteiger partial charge in [0.05, 0.1) is 15.9 Å². The third kappa shape index (κ3) is 4.15. The zero-order valence-electron chi connectivity index (χ0n) is 12.5. The summed E-state index contributed by atoms with van der Waals surface area (Å²) in [5.41, 5.74) is 0.697. The molecule has 0 unspecified atom stereocenters. The van der Waals surface area contributed by atoms with E-state index < -0.39 is 6.61 Å². The molecule has 0 aliphatic heterocycles. The van der Waals surface area contributed by atoms with Gasteiger partial charge in [-0.1, -0.05) is 35.3 Å². The fourth-order valence-corrected chi connectivity index (χ4v) is 2.57. The van der Waals surface area contributed by atoms with Crippen LogP contribution in [0.15, 0.2) is 47.3 Å². The van der Waals surface area contributed by atoms with Crippen LogP contribution in [-0.2, 0) is 0 Å². The lowest BCUT2D eigenvalue weighted by Gasteiger charge is -2.05. The minimum Gasteiger partial charge on any atom is -0.435 e. The fraction of sp³-hybridized carbons (Fsp3) is 0.0588. The summed E-state index contributed by atoms with van der Waals surface area (Å²) in [6.07, 6.45) is 1.54. The molecule has 0 atom stereocenters. The summed E-state index contributed by atoms with van der Waals surface area (Å²) in [5, 5.41) is 1.03. The Hall–Kier alpha value is -2.44. The number of hydrogen-bond donors (Lipinski definition) is 1. The third-order valence-corrected chi connectivity index (χ3v) is 3.82. The Balaban J connectivity index is 1.94. The quantitative estimate of drug-likeness (QED) is 0.696. The number of halogens is 4.